The van der Waals surface area contributed by atoms with Gasteiger partial charge in [0.25, 0.3) is 0 Å². The summed E-state index contributed by atoms with van der Waals surface area (Å²) < 4.78 is 1.90. The maximum atomic E-state index is 4.60. The molecule has 114 valence electrons. The van der Waals surface area contributed by atoms with Crippen molar-refractivity contribution in [2.75, 3.05) is 0 Å². The predicted molar refractivity (Wildman–Crippen MR) is 86.1 cm³/mol. The highest BCUT2D eigenvalue weighted by Crippen LogP contribution is 2.24. The summed E-state index contributed by atoms with van der Waals surface area (Å²) in [6, 6.07) is 4.15. The van der Waals surface area contributed by atoms with Gasteiger partial charge in [0.2, 0.25) is 0 Å². The predicted octanol–water partition coefficient (Wildman–Crippen LogP) is 2.96. The molecular weight excluding hydrogens is 260 g/mol. The van der Waals surface area contributed by atoms with E-state index in [0.717, 1.165) is 30.9 Å². The van der Waals surface area contributed by atoms with Crippen LogP contribution in [0.5, 0.6) is 0 Å². The Morgan fingerprint density at radius 2 is 1.95 bits per heavy atom. The van der Waals surface area contributed by atoms with Gasteiger partial charge in [-0.2, -0.15) is 5.10 Å². The van der Waals surface area contributed by atoms with E-state index in [9.17, 15) is 0 Å². The molecule has 2 aromatic heterocycles. The van der Waals surface area contributed by atoms with E-state index in [1.54, 1.807) is 0 Å². The molecule has 4 nitrogen and oxygen atoms in total. The number of hydrogen-bond donors (Lipinski definition) is 1. The molecule has 21 heavy (non-hydrogen) atoms. The Morgan fingerprint density at radius 1 is 1.19 bits per heavy atom. The van der Waals surface area contributed by atoms with Gasteiger partial charge in [-0.05, 0) is 18.1 Å². The number of pyridine rings is 1. The average molecular weight is 286 g/mol. The fourth-order valence-electron chi connectivity index (χ4n) is 2.57. The molecule has 0 radical (unpaired) electrons. The van der Waals surface area contributed by atoms with Crippen molar-refractivity contribution in [1.82, 2.24) is 20.1 Å². The summed E-state index contributed by atoms with van der Waals surface area (Å²) >= 11 is 0. The summed E-state index contributed by atoms with van der Waals surface area (Å²) in [5.74, 6) is 0. The van der Waals surface area contributed by atoms with Gasteiger partial charge >= 0.3 is 0 Å². The third-order valence-electron chi connectivity index (χ3n) is 3.59. The molecule has 0 bridgehead atoms. The van der Waals surface area contributed by atoms with Crippen molar-refractivity contribution in [2.45, 2.75) is 52.6 Å². The van der Waals surface area contributed by atoms with Crippen molar-refractivity contribution < 1.29 is 0 Å². The van der Waals surface area contributed by atoms with E-state index >= 15 is 0 Å². The van der Waals surface area contributed by atoms with Gasteiger partial charge in [-0.1, -0.05) is 33.8 Å². The molecule has 0 saturated carbocycles. The molecule has 0 aliphatic carbocycles. The lowest BCUT2D eigenvalue weighted by atomic mass is 9.89. The topological polar surface area (TPSA) is 42.7 Å². The second-order valence-electron chi connectivity index (χ2n) is 6.49. The third-order valence-corrected chi connectivity index (χ3v) is 3.59. The molecule has 0 spiro atoms. The molecule has 0 atom stereocenters. The summed E-state index contributed by atoms with van der Waals surface area (Å²) in [5, 5.41) is 8.11. The maximum absolute atomic E-state index is 4.60. The summed E-state index contributed by atoms with van der Waals surface area (Å²) in [6.07, 6.45) is 4.98. The van der Waals surface area contributed by atoms with Gasteiger partial charge in [-0.3, -0.25) is 9.67 Å². The molecule has 0 unspecified atom stereocenters. The van der Waals surface area contributed by atoms with Crippen molar-refractivity contribution in [3.63, 3.8) is 0 Å². The smallest absolute Gasteiger partial charge is 0.0722 e. The zero-order chi connectivity index (χ0) is 15.5. The lowest BCUT2D eigenvalue weighted by molar-refractivity contribution is 0.543. The van der Waals surface area contributed by atoms with E-state index in [-0.39, 0.29) is 5.41 Å². The minimum atomic E-state index is 0.0673. The number of nitrogens with zero attached hydrogens (tertiary/aromatic N) is 3. The quantitative estimate of drug-likeness (QED) is 0.919. The second kappa shape index (κ2) is 6.39. The van der Waals surface area contributed by atoms with Crippen LogP contribution in [0.1, 0.15) is 50.2 Å². The molecule has 4 heteroatoms. The first kappa shape index (κ1) is 15.7. The molecule has 0 fully saturated rings. The fraction of sp³-hybridized carbons (Fsp3) is 0.529. The van der Waals surface area contributed by atoms with Crippen LogP contribution in [0.3, 0.4) is 0 Å². The zero-order valence-electron chi connectivity index (χ0n) is 13.8. The first-order chi connectivity index (χ1) is 9.91. The van der Waals surface area contributed by atoms with Crippen molar-refractivity contribution in [3.05, 3.63) is 47.0 Å². The highest BCUT2D eigenvalue weighted by Gasteiger charge is 2.21. The third kappa shape index (κ3) is 3.91. The molecule has 1 N–H and O–H groups in total. The van der Waals surface area contributed by atoms with Crippen molar-refractivity contribution in [1.29, 1.82) is 0 Å². The summed E-state index contributed by atoms with van der Waals surface area (Å²) in [5.41, 5.74) is 4.94. The first-order valence-electron chi connectivity index (χ1n) is 7.58. The van der Waals surface area contributed by atoms with Crippen LogP contribution in [0.4, 0.5) is 0 Å². The zero-order valence-corrected chi connectivity index (χ0v) is 13.8. The summed E-state index contributed by atoms with van der Waals surface area (Å²) in [7, 11) is 1.98. The standard InChI is InChI=1S/C17H26N4/c1-6-13-8-7-9-19-15(13)11-18-10-14-12-21(5)20-16(14)17(2,3)4/h7-9,12,18H,6,10-11H2,1-5H3. The van der Waals surface area contributed by atoms with Gasteiger partial charge in [0, 0.05) is 43.5 Å². The van der Waals surface area contributed by atoms with Gasteiger partial charge in [-0.15, -0.1) is 0 Å². The Kier molecular flexibility index (Phi) is 4.78. The van der Waals surface area contributed by atoms with Crippen molar-refractivity contribution in [2.24, 2.45) is 7.05 Å². The maximum Gasteiger partial charge on any atom is 0.0722 e. The molecule has 0 aliphatic rings. The van der Waals surface area contributed by atoms with Crippen LogP contribution >= 0.6 is 0 Å². The number of nitrogens with one attached hydrogen (secondary N) is 1. The van der Waals surface area contributed by atoms with Crippen molar-refractivity contribution in [3.8, 4) is 0 Å². The molecule has 0 aromatic carbocycles. The highest BCUT2D eigenvalue weighted by molar-refractivity contribution is 5.24. The van der Waals surface area contributed by atoms with Crippen LogP contribution in [0.2, 0.25) is 0 Å². The Balaban J connectivity index is 2.04. The SMILES string of the molecule is CCc1cccnc1CNCc1cn(C)nc1C(C)(C)C. The molecule has 2 rings (SSSR count). The van der Waals surface area contributed by atoms with Gasteiger partial charge in [0.05, 0.1) is 11.4 Å². The van der Waals surface area contributed by atoms with Crippen molar-refractivity contribution >= 4 is 0 Å². The molecule has 2 heterocycles. The molecule has 0 saturated heterocycles. The number of aromatic nitrogens is 3. The Hall–Kier alpha value is -1.68. The first-order valence-corrected chi connectivity index (χ1v) is 7.58. The minimum absolute atomic E-state index is 0.0673. The van der Waals surface area contributed by atoms with E-state index in [1.807, 2.05) is 24.0 Å². The van der Waals surface area contributed by atoms with Gasteiger partial charge in [0.15, 0.2) is 0 Å². The number of rotatable bonds is 5. The van der Waals surface area contributed by atoms with Crippen LogP contribution in [-0.2, 0) is 32.0 Å². The van der Waals surface area contributed by atoms with Gasteiger partial charge < -0.3 is 5.32 Å². The van der Waals surface area contributed by atoms with Gasteiger partial charge in [0.1, 0.15) is 0 Å². The molecule has 0 amide bonds. The number of hydrogen-bond acceptors (Lipinski definition) is 3. The van der Waals surface area contributed by atoms with Crippen LogP contribution < -0.4 is 5.32 Å². The molecule has 0 aliphatic heterocycles. The lowest BCUT2D eigenvalue weighted by Gasteiger charge is -2.17. The second-order valence-corrected chi connectivity index (χ2v) is 6.49. The van der Waals surface area contributed by atoms with Crippen LogP contribution in [0, 0.1) is 0 Å². The summed E-state index contributed by atoms with van der Waals surface area (Å²) in [4.78, 5) is 4.47. The Bertz CT molecular complexity index is 593. The number of aryl methyl sites for hydroxylation is 2. The Labute approximate surface area is 127 Å². The van der Waals surface area contributed by atoms with Crippen LogP contribution in [0.15, 0.2) is 24.5 Å². The minimum Gasteiger partial charge on any atom is -0.307 e. The lowest BCUT2D eigenvalue weighted by Crippen LogP contribution is -2.19. The Morgan fingerprint density at radius 3 is 2.62 bits per heavy atom. The van der Waals surface area contributed by atoms with E-state index < -0.39 is 0 Å². The molecular formula is C17H26N4. The normalized spacial score (nSPS) is 11.9. The fourth-order valence-corrected chi connectivity index (χ4v) is 2.57. The van der Waals surface area contributed by atoms with E-state index in [2.05, 4.69) is 55.4 Å². The monoisotopic (exact) mass is 286 g/mol. The molecule has 2 aromatic rings. The van der Waals surface area contributed by atoms with E-state index in [1.165, 1.54) is 11.1 Å². The average Bonchev–Trinajstić information content (AvgIpc) is 2.80. The van der Waals surface area contributed by atoms with E-state index in [0.29, 0.717) is 0 Å². The highest BCUT2D eigenvalue weighted by atomic mass is 15.3. The van der Waals surface area contributed by atoms with E-state index in [4.69, 9.17) is 0 Å². The van der Waals surface area contributed by atoms with Crippen LogP contribution in [0.25, 0.3) is 0 Å². The largest absolute Gasteiger partial charge is 0.307 e. The van der Waals surface area contributed by atoms with Gasteiger partial charge in [-0.25, -0.2) is 0 Å². The summed E-state index contributed by atoms with van der Waals surface area (Å²) in [6.45, 7) is 10.4. The van der Waals surface area contributed by atoms with Crippen LogP contribution in [-0.4, -0.2) is 14.8 Å².